The summed E-state index contributed by atoms with van der Waals surface area (Å²) in [5, 5.41) is 7.36. The molecule has 7 heteroatoms. The molecular formula is C19H20N6O. The van der Waals surface area contributed by atoms with Crippen molar-refractivity contribution in [2.45, 2.75) is 38.8 Å². The lowest BCUT2D eigenvalue weighted by molar-refractivity contribution is -0.122. The Morgan fingerprint density at radius 3 is 2.92 bits per heavy atom. The average molecular weight is 348 g/mol. The predicted molar refractivity (Wildman–Crippen MR) is 96.0 cm³/mol. The second-order valence-corrected chi connectivity index (χ2v) is 6.50. The van der Waals surface area contributed by atoms with Crippen LogP contribution in [0.15, 0.2) is 43.0 Å². The Bertz CT molecular complexity index is 921. The number of fused-ring (bicyclic) bond motifs is 1. The molecule has 26 heavy (non-hydrogen) atoms. The van der Waals surface area contributed by atoms with E-state index in [2.05, 4.69) is 20.4 Å². The number of aryl methyl sites for hydroxylation is 2. The van der Waals surface area contributed by atoms with Crippen LogP contribution in [0.1, 0.15) is 35.8 Å². The first-order valence-electron chi connectivity index (χ1n) is 8.74. The number of pyridine rings is 1. The molecule has 1 atom stereocenters. The van der Waals surface area contributed by atoms with Crippen molar-refractivity contribution in [3.63, 3.8) is 0 Å². The van der Waals surface area contributed by atoms with Crippen molar-refractivity contribution >= 4 is 5.91 Å². The van der Waals surface area contributed by atoms with Crippen LogP contribution in [0.25, 0.3) is 11.4 Å². The Balaban J connectivity index is 1.51. The number of carbonyl (C=O) groups excluding carboxylic acids is 1. The first-order chi connectivity index (χ1) is 12.7. The number of aromatic nitrogens is 5. The highest BCUT2D eigenvalue weighted by Gasteiger charge is 2.24. The summed E-state index contributed by atoms with van der Waals surface area (Å²) in [5.41, 5.74) is 3.87. The van der Waals surface area contributed by atoms with Gasteiger partial charge < -0.3 is 5.32 Å². The van der Waals surface area contributed by atoms with Crippen LogP contribution in [0.3, 0.4) is 0 Å². The lowest BCUT2D eigenvalue weighted by atomic mass is 9.92. The van der Waals surface area contributed by atoms with Gasteiger partial charge in [-0.1, -0.05) is 0 Å². The maximum Gasteiger partial charge on any atom is 0.242 e. The van der Waals surface area contributed by atoms with Gasteiger partial charge in [0.25, 0.3) is 0 Å². The molecule has 1 aliphatic carbocycles. The molecule has 1 aliphatic rings. The topological polar surface area (TPSA) is 85.6 Å². The first-order valence-corrected chi connectivity index (χ1v) is 8.74. The summed E-state index contributed by atoms with van der Waals surface area (Å²) in [6.07, 6.45) is 9.92. The summed E-state index contributed by atoms with van der Waals surface area (Å²) in [6, 6.07) is 5.64. The van der Waals surface area contributed by atoms with Crippen molar-refractivity contribution < 1.29 is 4.79 Å². The zero-order valence-corrected chi connectivity index (χ0v) is 14.6. The van der Waals surface area contributed by atoms with Crippen molar-refractivity contribution in [3.05, 3.63) is 59.9 Å². The molecule has 0 saturated carbocycles. The van der Waals surface area contributed by atoms with Crippen molar-refractivity contribution in [1.29, 1.82) is 0 Å². The Morgan fingerprint density at radius 1 is 1.31 bits per heavy atom. The van der Waals surface area contributed by atoms with E-state index in [9.17, 15) is 4.79 Å². The molecule has 0 saturated heterocycles. The summed E-state index contributed by atoms with van der Waals surface area (Å²) in [4.78, 5) is 25.6. The second kappa shape index (κ2) is 7.03. The Hall–Kier alpha value is -3.09. The minimum Gasteiger partial charge on any atom is -0.348 e. The SMILES string of the molecule is Cc1ccn(CC(=O)N[C@H]2CCCc3nc(-c4ccncc4)ncc32)n1. The van der Waals surface area contributed by atoms with Crippen molar-refractivity contribution in [2.24, 2.45) is 0 Å². The Morgan fingerprint density at radius 2 is 2.15 bits per heavy atom. The molecule has 1 amide bonds. The molecule has 0 aromatic carbocycles. The molecule has 4 rings (SSSR count). The number of carbonyl (C=O) groups is 1. The average Bonchev–Trinajstić information content (AvgIpc) is 3.07. The van der Waals surface area contributed by atoms with E-state index in [0.717, 1.165) is 41.8 Å². The normalized spacial score (nSPS) is 16.1. The predicted octanol–water partition coefficient (Wildman–Crippen LogP) is 2.24. The number of rotatable bonds is 4. The maximum absolute atomic E-state index is 12.4. The van der Waals surface area contributed by atoms with E-state index < -0.39 is 0 Å². The fraction of sp³-hybridized carbons (Fsp3) is 0.316. The van der Waals surface area contributed by atoms with Gasteiger partial charge in [0.05, 0.1) is 11.7 Å². The van der Waals surface area contributed by atoms with Crippen LogP contribution >= 0.6 is 0 Å². The highest BCUT2D eigenvalue weighted by molar-refractivity contribution is 5.76. The van der Waals surface area contributed by atoms with Crippen molar-refractivity contribution in [3.8, 4) is 11.4 Å². The molecule has 1 N–H and O–H groups in total. The monoisotopic (exact) mass is 348 g/mol. The molecule has 0 fully saturated rings. The van der Waals surface area contributed by atoms with Crippen LogP contribution in [0.4, 0.5) is 0 Å². The maximum atomic E-state index is 12.4. The van der Waals surface area contributed by atoms with Gasteiger partial charge in [0.1, 0.15) is 6.54 Å². The third kappa shape index (κ3) is 3.46. The molecule has 3 aromatic rings. The molecular weight excluding hydrogens is 328 g/mol. The number of amides is 1. The molecule has 3 aromatic heterocycles. The number of hydrogen-bond acceptors (Lipinski definition) is 5. The minimum atomic E-state index is -0.0517. The fourth-order valence-corrected chi connectivity index (χ4v) is 3.28. The largest absolute Gasteiger partial charge is 0.348 e. The summed E-state index contributed by atoms with van der Waals surface area (Å²) < 4.78 is 1.65. The summed E-state index contributed by atoms with van der Waals surface area (Å²) in [7, 11) is 0. The van der Waals surface area contributed by atoms with Gasteiger partial charge in [-0.15, -0.1) is 0 Å². The van der Waals surface area contributed by atoms with E-state index in [0.29, 0.717) is 5.82 Å². The van der Waals surface area contributed by atoms with Gasteiger partial charge in [-0.3, -0.25) is 14.5 Å². The second-order valence-electron chi connectivity index (χ2n) is 6.50. The lowest BCUT2D eigenvalue weighted by Crippen LogP contribution is -2.34. The fourth-order valence-electron chi connectivity index (χ4n) is 3.28. The van der Waals surface area contributed by atoms with Crippen molar-refractivity contribution in [2.75, 3.05) is 0 Å². The smallest absolute Gasteiger partial charge is 0.242 e. The molecule has 132 valence electrons. The molecule has 0 spiro atoms. The van der Waals surface area contributed by atoms with E-state index in [-0.39, 0.29) is 18.5 Å². The van der Waals surface area contributed by atoms with Crippen LogP contribution in [0.2, 0.25) is 0 Å². The van der Waals surface area contributed by atoms with Crippen LogP contribution in [-0.2, 0) is 17.8 Å². The lowest BCUT2D eigenvalue weighted by Gasteiger charge is -2.25. The zero-order valence-electron chi connectivity index (χ0n) is 14.6. The molecule has 0 aliphatic heterocycles. The number of nitrogens with one attached hydrogen (secondary N) is 1. The quantitative estimate of drug-likeness (QED) is 0.781. The highest BCUT2D eigenvalue weighted by Crippen LogP contribution is 2.29. The Kier molecular flexibility index (Phi) is 4.43. The van der Waals surface area contributed by atoms with Crippen LogP contribution in [0, 0.1) is 6.92 Å². The Labute approximate surface area is 151 Å². The van der Waals surface area contributed by atoms with Crippen molar-refractivity contribution in [1.82, 2.24) is 30.0 Å². The van der Waals surface area contributed by atoms with Gasteiger partial charge in [0.15, 0.2) is 5.82 Å². The third-order valence-electron chi connectivity index (χ3n) is 4.54. The standard InChI is InChI=1S/C19H20N6O/c1-13-7-10-25(24-13)12-18(26)22-16-3-2-4-17-15(16)11-21-19(23-17)14-5-8-20-9-6-14/h5-11,16H,2-4,12H2,1H3,(H,22,26)/t16-/m0/s1. The van der Waals surface area contributed by atoms with E-state index in [1.165, 1.54) is 0 Å². The minimum absolute atomic E-state index is 0.0469. The first kappa shape index (κ1) is 16.4. The molecule has 7 nitrogen and oxygen atoms in total. The highest BCUT2D eigenvalue weighted by atomic mass is 16.2. The summed E-state index contributed by atoms with van der Waals surface area (Å²) in [6.45, 7) is 2.12. The van der Waals surface area contributed by atoms with Crippen LogP contribution in [0.5, 0.6) is 0 Å². The van der Waals surface area contributed by atoms with E-state index >= 15 is 0 Å². The molecule has 0 bridgehead atoms. The van der Waals surface area contributed by atoms with Crippen LogP contribution in [-0.4, -0.2) is 30.6 Å². The third-order valence-corrected chi connectivity index (χ3v) is 4.54. The van der Waals surface area contributed by atoms with Gasteiger partial charge in [-0.05, 0) is 44.4 Å². The summed E-state index contributed by atoms with van der Waals surface area (Å²) >= 11 is 0. The number of hydrogen-bond donors (Lipinski definition) is 1. The van der Waals surface area contributed by atoms with Crippen LogP contribution < -0.4 is 5.32 Å². The van der Waals surface area contributed by atoms with Gasteiger partial charge in [0, 0.05) is 41.6 Å². The zero-order chi connectivity index (χ0) is 17.9. The van der Waals surface area contributed by atoms with Gasteiger partial charge in [0.2, 0.25) is 5.91 Å². The van der Waals surface area contributed by atoms with E-state index in [1.54, 1.807) is 17.1 Å². The molecule has 0 radical (unpaired) electrons. The summed E-state index contributed by atoms with van der Waals surface area (Å²) in [5.74, 6) is 0.648. The number of nitrogens with zero attached hydrogens (tertiary/aromatic N) is 5. The van der Waals surface area contributed by atoms with Gasteiger partial charge in [-0.25, -0.2) is 9.97 Å². The van der Waals surface area contributed by atoms with Gasteiger partial charge >= 0.3 is 0 Å². The van der Waals surface area contributed by atoms with E-state index in [1.807, 2.05) is 37.5 Å². The van der Waals surface area contributed by atoms with Gasteiger partial charge in [-0.2, -0.15) is 5.10 Å². The molecule has 3 heterocycles. The molecule has 0 unspecified atom stereocenters. The van der Waals surface area contributed by atoms with E-state index in [4.69, 9.17) is 4.98 Å².